The maximum absolute atomic E-state index is 13.3. The number of carbonyl (C=O) groups excluding carboxylic acids is 1. The van der Waals surface area contributed by atoms with Gasteiger partial charge in [0.25, 0.3) is 0 Å². The third-order valence-electron chi connectivity index (χ3n) is 7.49. The number of rotatable bonds is 6. The van der Waals surface area contributed by atoms with Crippen LogP contribution in [0, 0.1) is 5.92 Å². The van der Waals surface area contributed by atoms with Crippen molar-refractivity contribution in [3.8, 4) is 5.75 Å². The lowest BCUT2D eigenvalue weighted by atomic mass is 9.87. The van der Waals surface area contributed by atoms with E-state index in [1.54, 1.807) is 23.9 Å². The number of carbonyl (C=O) groups is 1. The Morgan fingerprint density at radius 3 is 3.00 bits per heavy atom. The summed E-state index contributed by atoms with van der Waals surface area (Å²) in [6, 6.07) is 4.46. The molecular weight excluding hydrogens is 474 g/mol. The van der Waals surface area contributed by atoms with E-state index in [1.165, 1.54) is 10.4 Å². The highest BCUT2D eigenvalue weighted by Gasteiger charge is 2.35. The molecule has 1 saturated heterocycles. The van der Waals surface area contributed by atoms with Gasteiger partial charge in [-0.2, -0.15) is 5.10 Å². The fourth-order valence-electron chi connectivity index (χ4n) is 5.51. The van der Waals surface area contributed by atoms with Gasteiger partial charge in [0, 0.05) is 41.4 Å². The zero-order valence-corrected chi connectivity index (χ0v) is 21.7. The summed E-state index contributed by atoms with van der Waals surface area (Å²) < 4.78 is 5.91. The number of likely N-dealkylation sites (N-methyl/N-ethyl adjacent to an activating group) is 1. The molecule has 10 heteroatoms. The fourth-order valence-corrected chi connectivity index (χ4v) is 6.78. The summed E-state index contributed by atoms with van der Waals surface area (Å²) in [5, 5.41) is 12.7. The number of aryl methyl sites for hydroxylation is 1. The van der Waals surface area contributed by atoms with Crippen molar-refractivity contribution in [1.29, 1.82) is 0 Å². The molecular formula is C26H31N7O2S. The zero-order chi connectivity index (χ0) is 24.8. The minimum Gasteiger partial charge on any atom is -0.492 e. The summed E-state index contributed by atoms with van der Waals surface area (Å²) in [5.41, 5.74) is 3.05. The maximum atomic E-state index is 13.3. The van der Waals surface area contributed by atoms with E-state index in [0.29, 0.717) is 18.6 Å². The molecule has 0 unspecified atom stereocenters. The van der Waals surface area contributed by atoms with Gasteiger partial charge < -0.3 is 19.9 Å². The summed E-state index contributed by atoms with van der Waals surface area (Å²) in [7, 11) is 4.19. The van der Waals surface area contributed by atoms with Crippen molar-refractivity contribution in [2.75, 3.05) is 39.1 Å². The summed E-state index contributed by atoms with van der Waals surface area (Å²) in [6.45, 7) is 4.23. The SMILES string of the molecule is CCOc1cc2[nH]ncc2cc1Nc1ncnc2sc3c(c12)CC[C@H](C(=O)N1CC[C@@H](N(C)C)C1)C3. The molecule has 4 aromatic rings. The number of aromatic amines is 1. The first kappa shape index (κ1) is 23.2. The number of fused-ring (bicyclic) bond motifs is 4. The number of aromatic nitrogens is 4. The van der Waals surface area contributed by atoms with Crippen LogP contribution in [-0.2, 0) is 17.6 Å². The lowest BCUT2D eigenvalue weighted by Crippen LogP contribution is -2.39. The van der Waals surface area contributed by atoms with Crippen molar-refractivity contribution in [1.82, 2.24) is 30.0 Å². The van der Waals surface area contributed by atoms with Crippen LogP contribution in [0.5, 0.6) is 5.75 Å². The average Bonchev–Trinajstić information content (AvgIpc) is 3.61. The maximum Gasteiger partial charge on any atom is 0.226 e. The second kappa shape index (κ2) is 9.33. The number of nitrogens with one attached hydrogen (secondary N) is 2. The fraction of sp³-hybridized carbons (Fsp3) is 0.462. The van der Waals surface area contributed by atoms with Gasteiger partial charge in [-0.3, -0.25) is 9.89 Å². The van der Waals surface area contributed by atoms with Gasteiger partial charge in [-0.1, -0.05) is 0 Å². The van der Waals surface area contributed by atoms with Gasteiger partial charge >= 0.3 is 0 Å². The summed E-state index contributed by atoms with van der Waals surface area (Å²) in [4.78, 5) is 29.1. The Bertz CT molecular complexity index is 1430. The Morgan fingerprint density at radius 1 is 1.31 bits per heavy atom. The number of anilines is 2. The van der Waals surface area contributed by atoms with Crippen LogP contribution in [0.15, 0.2) is 24.7 Å². The van der Waals surface area contributed by atoms with Crippen LogP contribution in [0.2, 0.25) is 0 Å². The van der Waals surface area contributed by atoms with E-state index in [-0.39, 0.29) is 5.92 Å². The summed E-state index contributed by atoms with van der Waals surface area (Å²) in [6.07, 6.45) is 6.97. The number of amides is 1. The van der Waals surface area contributed by atoms with E-state index in [9.17, 15) is 4.79 Å². The Hall–Kier alpha value is -3.24. The van der Waals surface area contributed by atoms with Gasteiger partial charge in [0.2, 0.25) is 5.91 Å². The number of benzene rings is 1. The van der Waals surface area contributed by atoms with Gasteiger partial charge in [0.15, 0.2) is 0 Å². The van der Waals surface area contributed by atoms with Crippen molar-refractivity contribution < 1.29 is 9.53 Å². The molecule has 188 valence electrons. The molecule has 0 saturated carbocycles. The Kier molecular flexibility index (Phi) is 6.00. The van der Waals surface area contributed by atoms with Crippen LogP contribution >= 0.6 is 11.3 Å². The zero-order valence-electron chi connectivity index (χ0n) is 20.9. The van der Waals surface area contributed by atoms with Gasteiger partial charge in [-0.25, -0.2) is 9.97 Å². The highest BCUT2D eigenvalue weighted by Crippen LogP contribution is 2.42. The summed E-state index contributed by atoms with van der Waals surface area (Å²) >= 11 is 1.70. The molecule has 36 heavy (non-hydrogen) atoms. The molecule has 2 N–H and O–H groups in total. The third-order valence-corrected chi connectivity index (χ3v) is 8.66. The van der Waals surface area contributed by atoms with Gasteiger partial charge in [-0.05, 0) is 58.3 Å². The number of nitrogens with zero attached hydrogens (tertiary/aromatic N) is 5. The molecule has 6 rings (SSSR count). The first-order valence-electron chi connectivity index (χ1n) is 12.6. The number of thiophene rings is 1. The first-order valence-corrected chi connectivity index (χ1v) is 13.4. The van der Waals surface area contributed by atoms with Crippen molar-refractivity contribution in [3.05, 3.63) is 35.1 Å². The number of hydrogen-bond donors (Lipinski definition) is 2. The standard InChI is InChI=1S/C26H31N7O2S/c1-4-35-21-11-19-16(12-29-31-19)9-20(21)30-24-23-18-6-5-15(10-22(18)36-25(23)28-14-27-24)26(34)33-8-7-17(13-33)32(2)3/h9,11-12,14-15,17H,4-8,10,13H2,1-3H3,(H,29,31)(H,27,28,30)/t15-,17+/m0/s1. The Labute approximate surface area is 213 Å². The second-order valence-electron chi connectivity index (χ2n) is 9.90. The number of ether oxygens (including phenoxy) is 1. The predicted molar refractivity (Wildman–Crippen MR) is 142 cm³/mol. The van der Waals surface area contributed by atoms with Crippen LogP contribution in [0.1, 0.15) is 30.2 Å². The van der Waals surface area contributed by atoms with E-state index in [4.69, 9.17) is 4.74 Å². The highest BCUT2D eigenvalue weighted by atomic mass is 32.1. The predicted octanol–water partition coefficient (Wildman–Crippen LogP) is 3.98. The van der Waals surface area contributed by atoms with Crippen LogP contribution < -0.4 is 10.1 Å². The smallest absolute Gasteiger partial charge is 0.226 e. The Morgan fingerprint density at radius 2 is 2.19 bits per heavy atom. The molecule has 1 aliphatic heterocycles. The second-order valence-corrected chi connectivity index (χ2v) is 11.0. The van der Waals surface area contributed by atoms with Gasteiger partial charge in [0.1, 0.15) is 22.7 Å². The Balaban J connectivity index is 1.28. The van der Waals surface area contributed by atoms with E-state index >= 15 is 0 Å². The van der Waals surface area contributed by atoms with E-state index in [0.717, 1.165) is 77.1 Å². The van der Waals surface area contributed by atoms with E-state index in [1.807, 2.05) is 19.1 Å². The normalized spacial score (nSPS) is 19.8. The molecule has 2 aliphatic rings. The molecule has 1 aromatic carbocycles. The molecule has 1 fully saturated rings. The largest absolute Gasteiger partial charge is 0.492 e. The third kappa shape index (κ3) is 4.08. The number of likely N-dealkylation sites (tertiary alicyclic amines) is 1. The molecule has 2 atom stereocenters. The summed E-state index contributed by atoms with van der Waals surface area (Å²) in [5.74, 6) is 1.88. The van der Waals surface area contributed by atoms with Crippen molar-refractivity contribution in [3.63, 3.8) is 0 Å². The topological polar surface area (TPSA) is 99.3 Å². The first-order chi connectivity index (χ1) is 17.5. The van der Waals surface area contributed by atoms with E-state index in [2.05, 4.69) is 49.4 Å². The molecule has 3 aromatic heterocycles. The van der Waals surface area contributed by atoms with Crippen LogP contribution in [-0.4, -0.2) is 75.7 Å². The van der Waals surface area contributed by atoms with Crippen molar-refractivity contribution >= 4 is 49.9 Å². The minimum absolute atomic E-state index is 0.0453. The van der Waals surface area contributed by atoms with Crippen LogP contribution in [0.3, 0.4) is 0 Å². The molecule has 0 radical (unpaired) electrons. The lowest BCUT2D eigenvalue weighted by molar-refractivity contribution is -0.134. The average molecular weight is 506 g/mol. The number of H-pyrrole nitrogens is 1. The van der Waals surface area contributed by atoms with Crippen LogP contribution in [0.25, 0.3) is 21.1 Å². The molecule has 1 amide bonds. The quantitative estimate of drug-likeness (QED) is 0.409. The minimum atomic E-state index is 0.0453. The lowest BCUT2D eigenvalue weighted by Gasteiger charge is -2.27. The molecule has 1 aliphatic carbocycles. The highest BCUT2D eigenvalue weighted by molar-refractivity contribution is 7.19. The van der Waals surface area contributed by atoms with Crippen LogP contribution in [0.4, 0.5) is 11.5 Å². The van der Waals surface area contributed by atoms with Gasteiger partial charge in [0.05, 0.1) is 29.4 Å². The van der Waals surface area contributed by atoms with E-state index < -0.39 is 0 Å². The molecule has 9 nitrogen and oxygen atoms in total. The molecule has 0 spiro atoms. The monoisotopic (exact) mass is 505 g/mol. The van der Waals surface area contributed by atoms with Crippen molar-refractivity contribution in [2.45, 2.75) is 38.6 Å². The van der Waals surface area contributed by atoms with Crippen molar-refractivity contribution in [2.24, 2.45) is 5.92 Å². The number of hydrogen-bond acceptors (Lipinski definition) is 8. The molecule has 4 heterocycles. The molecule has 0 bridgehead atoms. The van der Waals surface area contributed by atoms with Gasteiger partial charge in [-0.15, -0.1) is 11.3 Å².